The second-order valence-electron chi connectivity index (χ2n) is 9.43. The molecule has 0 spiro atoms. The maximum atomic E-state index is 12.9. The molecule has 0 aliphatic rings. The summed E-state index contributed by atoms with van der Waals surface area (Å²) >= 11 is 0. The molecule has 3 aromatic rings. The van der Waals surface area contributed by atoms with Crippen molar-refractivity contribution in [3.63, 3.8) is 0 Å². The van der Waals surface area contributed by atoms with Crippen LogP contribution in [0.3, 0.4) is 0 Å². The number of carbonyl (C=O) groups excluding carboxylic acids is 1. The highest BCUT2D eigenvalue weighted by Crippen LogP contribution is 2.32. The van der Waals surface area contributed by atoms with Crippen molar-refractivity contribution in [2.24, 2.45) is 7.05 Å². The summed E-state index contributed by atoms with van der Waals surface area (Å²) < 4.78 is 8.49. The van der Waals surface area contributed by atoms with Gasteiger partial charge in [-0.1, -0.05) is 45.0 Å². The minimum Gasteiger partial charge on any atom is -0.442 e. The molecule has 7 heteroatoms. The van der Waals surface area contributed by atoms with E-state index >= 15 is 0 Å². The Hall–Kier alpha value is -3.45. The van der Waals surface area contributed by atoms with E-state index in [1.54, 1.807) is 17.0 Å². The number of nitrogens with zero attached hydrogens (tertiary/aromatic N) is 4. The molecule has 2 aromatic heterocycles. The molecule has 7 nitrogen and oxygen atoms in total. The molecule has 0 aliphatic heterocycles. The van der Waals surface area contributed by atoms with Crippen LogP contribution in [0.15, 0.2) is 37.2 Å². The van der Waals surface area contributed by atoms with Gasteiger partial charge in [-0.3, -0.25) is 4.68 Å². The number of rotatable bonds is 5. The zero-order valence-electron chi connectivity index (χ0n) is 22.2. The number of aliphatic hydroxyl groups excluding tert-OH is 1. The molecule has 0 saturated carbocycles. The normalized spacial score (nSPS) is 11.6. The summed E-state index contributed by atoms with van der Waals surface area (Å²) in [5.74, 6) is 0. The van der Waals surface area contributed by atoms with Crippen molar-refractivity contribution in [3.05, 3.63) is 65.1 Å². The number of benzene rings is 1. The Morgan fingerprint density at radius 2 is 1.91 bits per heavy atom. The van der Waals surface area contributed by atoms with Crippen molar-refractivity contribution in [1.29, 1.82) is 0 Å². The van der Waals surface area contributed by atoms with Gasteiger partial charge in [0.1, 0.15) is 11.3 Å². The molecule has 0 saturated heterocycles. The second-order valence-corrected chi connectivity index (χ2v) is 9.43. The summed E-state index contributed by atoms with van der Waals surface area (Å²) in [6.45, 7) is 17.6. The van der Waals surface area contributed by atoms with Crippen LogP contribution in [-0.2, 0) is 18.4 Å². The predicted octanol–water partition coefficient (Wildman–Crippen LogP) is 6.49. The third-order valence-corrected chi connectivity index (χ3v) is 5.10. The Bertz CT molecular complexity index is 1210. The molecule has 0 atom stereocenters. The average molecular weight is 479 g/mol. The molecular weight excluding hydrogens is 440 g/mol. The number of ether oxygens (including phenoxy) is 1. The summed E-state index contributed by atoms with van der Waals surface area (Å²) in [6.07, 6.45) is 7.81. The van der Waals surface area contributed by atoms with Gasteiger partial charge in [0.2, 0.25) is 0 Å². The van der Waals surface area contributed by atoms with Crippen LogP contribution in [0, 0.1) is 6.92 Å². The number of hydrogen-bond donors (Lipinski definition) is 1. The molecule has 0 aliphatic carbocycles. The fourth-order valence-corrected chi connectivity index (χ4v) is 3.56. The standard InChI is InChI=1S/C25H30N4O3.C3H8/c1-8-22-21(12-16(2)20-11-9-10-18(15-30)17(20)3)23(19-13-26-28(7)14-19)27-29(22)24(31)32-25(4,5)6;1-3-2/h8-14,30H,1,15H2,2-7H3;3H2,1-2H3/b16-12+;. The molecule has 0 bridgehead atoms. The van der Waals surface area contributed by atoms with Crippen LogP contribution in [-0.4, -0.2) is 36.4 Å². The van der Waals surface area contributed by atoms with Crippen molar-refractivity contribution >= 4 is 23.8 Å². The van der Waals surface area contributed by atoms with E-state index < -0.39 is 11.7 Å². The number of aryl methyl sites for hydroxylation is 1. The summed E-state index contributed by atoms with van der Waals surface area (Å²) in [7, 11) is 1.83. The molecule has 35 heavy (non-hydrogen) atoms. The Morgan fingerprint density at radius 3 is 2.43 bits per heavy atom. The van der Waals surface area contributed by atoms with E-state index in [4.69, 9.17) is 4.74 Å². The first kappa shape index (κ1) is 27.8. The second kappa shape index (κ2) is 11.8. The lowest BCUT2D eigenvalue weighted by Crippen LogP contribution is -2.28. The molecule has 0 fully saturated rings. The van der Waals surface area contributed by atoms with E-state index in [0.29, 0.717) is 11.4 Å². The van der Waals surface area contributed by atoms with E-state index in [1.807, 2.05) is 72.1 Å². The van der Waals surface area contributed by atoms with Gasteiger partial charge in [-0.25, -0.2) is 4.79 Å². The largest absolute Gasteiger partial charge is 0.442 e. The topological polar surface area (TPSA) is 82.2 Å². The van der Waals surface area contributed by atoms with Crippen molar-refractivity contribution in [2.45, 2.75) is 67.1 Å². The molecule has 1 aromatic carbocycles. The van der Waals surface area contributed by atoms with Gasteiger partial charge < -0.3 is 9.84 Å². The van der Waals surface area contributed by atoms with Gasteiger partial charge in [-0.05, 0) is 69.0 Å². The molecule has 0 unspecified atom stereocenters. The molecule has 188 valence electrons. The van der Waals surface area contributed by atoms with Crippen molar-refractivity contribution in [3.8, 4) is 11.3 Å². The maximum Gasteiger partial charge on any atom is 0.435 e. The molecular formula is C28H38N4O3. The first-order valence-electron chi connectivity index (χ1n) is 11.8. The SMILES string of the molecule is C=Cc1c(/C=C(\C)c2cccc(CO)c2C)c(-c2cnn(C)c2)nn1C(=O)OC(C)(C)C.CCC. The zero-order chi connectivity index (χ0) is 26.3. The van der Waals surface area contributed by atoms with Crippen molar-refractivity contribution in [2.75, 3.05) is 0 Å². The van der Waals surface area contributed by atoms with Gasteiger partial charge in [-0.2, -0.15) is 14.9 Å². The lowest BCUT2D eigenvalue weighted by Gasteiger charge is -2.19. The summed E-state index contributed by atoms with van der Waals surface area (Å²) in [6, 6.07) is 5.84. The lowest BCUT2D eigenvalue weighted by molar-refractivity contribution is 0.0514. The van der Waals surface area contributed by atoms with Crippen molar-refractivity contribution in [1.82, 2.24) is 19.6 Å². The quantitative estimate of drug-likeness (QED) is 0.453. The van der Waals surface area contributed by atoms with Gasteiger partial charge in [0, 0.05) is 24.4 Å². The fourth-order valence-electron chi connectivity index (χ4n) is 3.56. The fraction of sp³-hybridized carbons (Fsp3) is 0.393. The monoisotopic (exact) mass is 478 g/mol. The van der Waals surface area contributed by atoms with Crippen LogP contribution in [0.1, 0.15) is 75.9 Å². The number of carbonyl (C=O) groups is 1. The van der Waals surface area contributed by atoms with E-state index in [1.165, 1.54) is 11.1 Å². The molecule has 0 amide bonds. The Balaban J connectivity index is 0.00000137. The van der Waals surface area contributed by atoms with E-state index in [9.17, 15) is 9.90 Å². The average Bonchev–Trinajstić information content (AvgIpc) is 3.36. The van der Waals surface area contributed by atoms with Crippen LogP contribution < -0.4 is 0 Å². The van der Waals surface area contributed by atoms with Crippen LogP contribution in [0.5, 0.6) is 0 Å². The van der Waals surface area contributed by atoms with E-state index in [0.717, 1.165) is 33.4 Å². The van der Waals surface area contributed by atoms with Gasteiger partial charge in [0.25, 0.3) is 0 Å². The smallest absolute Gasteiger partial charge is 0.435 e. The molecule has 3 rings (SSSR count). The number of allylic oxidation sites excluding steroid dienone is 1. The number of aromatic nitrogens is 4. The van der Waals surface area contributed by atoms with Crippen LogP contribution >= 0.6 is 0 Å². The Morgan fingerprint density at radius 1 is 1.26 bits per heavy atom. The van der Waals surface area contributed by atoms with Crippen LogP contribution in [0.25, 0.3) is 29.0 Å². The zero-order valence-corrected chi connectivity index (χ0v) is 22.2. The van der Waals surface area contributed by atoms with E-state index in [2.05, 4.69) is 30.6 Å². The Kier molecular flexibility index (Phi) is 9.37. The summed E-state index contributed by atoms with van der Waals surface area (Å²) in [4.78, 5) is 12.9. The molecule has 1 N–H and O–H groups in total. The molecule has 2 heterocycles. The van der Waals surface area contributed by atoms with Gasteiger partial charge >= 0.3 is 6.09 Å². The number of aliphatic hydroxyl groups is 1. The third-order valence-electron chi connectivity index (χ3n) is 5.10. The minimum absolute atomic E-state index is 0.0254. The predicted molar refractivity (Wildman–Crippen MR) is 143 cm³/mol. The first-order chi connectivity index (χ1) is 16.5. The van der Waals surface area contributed by atoms with Gasteiger partial charge in [-0.15, -0.1) is 0 Å². The van der Waals surface area contributed by atoms with Crippen molar-refractivity contribution < 1.29 is 14.6 Å². The highest BCUT2D eigenvalue weighted by atomic mass is 16.6. The highest BCUT2D eigenvalue weighted by molar-refractivity contribution is 5.90. The van der Waals surface area contributed by atoms with Gasteiger partial charge in [0.15, 0.2) is 0 Å². The molecule has 0 radical (unpaired) electrons. The highest BCUT2D eigenvalue weighted by Gasteiger charge is 2.25. The van der Waals surface area contributed by atoms with E-state index in [-0.39, 0.29) is 6.61 Å². The third kappa shape index (κ3) is 6.79. The van der Waals surface area contributed by atoms with Crippen LogP contribution in [0.2, 0.25) is 0 Å². The first-order valence-corrected chi connectivity index (χ1v) is 11.8. The van der Waals surface area contributed by atoms with Gasteiger partial charge in [0.05, 0.1) is 18.5 Å². The minimum atomic E-state index is -0.663. The lowest BCUT2D eigenvalue weighted by atomic mass is 9.95. The summed E-state index contributed by atoms with van der Waals surface area (Å²) in [5, 5.41) is 18.5. The maximum absolute atomic E-state index is 12.9. The Labute approximate surface area is 208 Å². The number of hydrogen-bond acceptors (Lipinski definition) is 5. The van der Waals surface area contributed by atoms with Crippen LogP contribution in [0.4, 0.5) is 4.79 Å². The summed E-state index contributed by atoms with van der Waals surface area (Å²) in [5.41, 5.74) is 5.85.